The van der Waals surface area contributed by atoms with Crippen molar-refractivity contribution in [3.05, 3.63) is 78.1 Å². The lowest BCUT2D eigenvalue weighted by Crippen LogP contribution is -2.39. The highest BCUT2D eigenvalue weighted by molar-refractivity contribution is 5.79. The van der Waals surface area contributed by atoms with Gasteiger partial charge >= 0.3 is 0 Å². The Labute approximate surface area is 184 Å². The molecule has 0 unspecified atom stereocenters. The van der Waals surface area contributed by atoms with Gasteiger partial charge in [0.15, 0.2) is 5.96 Å². The summed E-state index contributed by atoms with van der Waals surface area (Å²) in [7, 11) is 3.45. The number of nitrogens with one attached hydrogen (secondary N) is 2. The molecular weight excluding hydrogens is 390 g/mol. The van der Waals surface area contributed by atoms with Gasteiger partial charge in [0.1, 0.15) is 5.75 Å². The minimum Gasteiger partial charge on any atom is -0.497 e. The van der Waals surface area contributed by atoms with E-state index in [9.17, 15) is 0 Å². The number of guanidine groups is 1. The normalized spacial score (nSPS) is 11.4. The fourth-order valence-electron chi connectivity index (χ4n) is 3.08. The largest absolute Gasteiger partial charge is 0.497 e. The second-order valence-corrected chi connectivity index (χ2v) is 7.05. The van der Waals surface area contributed by atoms with Crippen molar-refractivity contribution >= 4 is 5.96 Å². The molecule has 7 heteroatoms. The quantitative estimate of drug-likeness (QED) is 0.283. The van der Waals surface area contributed by atoms with Gasteiger partial charge in [0.05, 0.1) is 19.4 Å². The second kappa shape index (κ2) is 12.4. The molecule has 1 aromatic heterocycles. The first-order chi connectivity index (χ1) is 15.3. The molecule has 164 valence electrons. The number of aromatic nitrogens is 2. The Hall–Kier alpha value is -3.32. The third kappa shape index (κ3) is 7.46. The van der Waals surface area contributed by atoms with Crippen LogP contribution in [0.5, 0.6) is 5.75 Å². The summed E-state index contributed by atoms with van der Waals surface area (Å²) < 4.78 is 12.8. The summed E-state index contributed by atoms with van der Waals surface area (Å²) in [5.41, 5.74) is 3.48. The number of nitrogens with zero attached hydrogens (tertiary/aromatic N) is 3. The maximum Gasteiger partial charge on any atom is 0.190 e. The first-order valence-electron chi connectivity index (χ1n) is 10.5. The van der Waals surface area contributed by atoms with Crippen molar-refractivity contribution < 1.29 is 9.47 Å². The summed E-state index contributed by atoms with van der Waals surface area (Å²) in [5.74, 6) is 1.67. The van der Waals surface area contributed by atoms with Crippen molar-refractivity contribution in [3.63, 3.8) is 0 Å². The van der Waals surface area contributed by atoms with Crippen LogP contribution in [0.1, 0.15) is 17.5 Å². The maximum absolute atomic E-state index is 5.74. The van der Waals surface area contributed by atoms with Crippen molar-refractivity contribution in [3.8, 4) is 11.4 Å². The number of hydrogen-bond acceptors (Lipinski definition) is 4. The first-order valence-corrected chi connectivity index (χ1v) is 10.5. The predicted octanol–water partition coefficient (Wildman–Crippen LogP) is 3.20. The Bertz CT molecular complexity index is 906. The van der Waals surface area contributed by atoms with Crippen LogP contribution in [0, 0.1) is 0 Å². The molecule has 7 nitrogen and oxygen atoms in total. The van der Waals surface area contributed by atoms with Gasteiger partial charge in [0.2, 0.25) is 0 Å². The van der Waals surface area contributed by atoms with E-state index < -0.39 is 0 Å². The summed E-state index contributed by atoms with van der Waals surface area (Å²) in [4.78, 5) is 4.28. The number of hydrogen-bond donors (Lipinski definition) is 2. The topological polar surface area (TPSA) is 72.7 Å². The van der Waals surface area contributed by atoms with E-state index in [1.165, 1.54) is 5.56 Å². The van der Waals surface area contributed by atoms with Crippen LogP contribution in [0.25, 0.3) is 5.69 Å². The van der Waals surface area contributed by atoms with E-state index in [4.69, 9.17) is 9.47 Å². The van der Waals surface area contributed by atoms with Crippen molar-refractivity contribution in [2.75, 3.05) is 33.9 Å². The van der Waals surface area contributed by atoms with Gasteiger partial charge in [0, 0.05) is 39.1 Å². The Morgan fingerprint density at radius 1 is 1.00 bits per heavy atom. The standard InChI is InChI=1S/C24H31N5O2/c1-25-24(26-14-4-18-31-19-21-7-11-23(30-2)12-8-21)27-16-13-20-5-9-22(10-6-20)29-17-3-15-28-29/h3,5-12,15,17H,4,13-14,16,18-19H2,1-2H3,(H2,25,26,27). The maximum atomic E-state index is 5.74. The average Bonchev–Trinajstić information content (AvgIpc) is 3.36. The molecule has 0 aliphatic rings. The lowest BCUT2D eigenvalue weighted by atomic mass is 10.1. The highest BCUT2D eigenvalue weighted by Crippen LogP contribution is 2.12. The molecule has 3 rings (SSSR count). The average molecular weight is 422 g/mol. The number of methoxy groups -OCH3 is 1. The first kappa shape index (κ1) is 22.4. The van der Waals surface area contributed by atoms with E-state index in [0.717, 1.165) is 48.9 Å². The molecule has 0 bridgehead atoms. The fourth-order valence-corrected chi connectivity index (χ4v) is 3.08. The Morgan fingerprint density at radius 3 is 2.42 bits per heavy atom. The van der Waals surface area contributed by atoms with Crippen LogP contribution in [0.4, 0.5) is 0 Å². The number of rotatable bonds is 11. The van der Waals surface area contributed by atoms with Gasteiger partial charge in [-0.1, -0.05) is 24.3 Å². The number of aliphatic imine (C=N–C) groups is 1. The van der Waals surface area contributed by atoms with Crippen molar-refractivity contribution in [1.82, 2.24) is 20.4 Å². The van der Waals surface area contributed by atoms with E-state index in [2.05, 4.69) is 45.0 Å². The van der Waals surface area contributed by atoms with E-state index in [1.807, 2.05) is 41.2 Å². The molecule has 0 spiro atoms. The molecule has 0 radical (unpaired) electrons. The van der Waals surface area contributed by atoms with Crippen molar-refractivity contribution in [2.24, 2.45) is 4.99 Å². The molecule has 2 aromatic carbocycles. The van der Waals surface area contributed by atoms with E-state index >= 15 is 0 Å². The molecule has 0 saturated heterocycles. The summed E-state index contributed by atoms with van der Waals surface area (Å²) in [6.45, 7) is 2.92. The molecule has 0 saturated carbocycles. The van der Waals surface area contributed by atoms with Crippen LogP contribution in [0.3, 0.4) is 0 Å². The van der Waals surface area contributed by atoms with Gasteiger partial charge < -0.3 is 20.1 Å². The zero-order valence-electron chi connectivity index (χ0n) is 18.3. The van der Waals surface area contributed by atoms with Crippen LogP contribution in [0.15, 0.2) is 72.0 Å². The van der Waals surface area contributed by atoms with Crippen LogP contribution in [-0.2, 0) is 17.8 Å². The Kier molecular flexibility index (Phi) is 8.94. The smallest absolute Gasteiger partial charge is 0.190 e. The zero-order chi connectivity index (χ0) is 21.7. The Morgan fingerprint density at radius 2 is 1.74 bits per heavy atom. The number of ether oxygens (including phenoxy) is 2. The van der Waals surface area contributed by atoms with Gasteiger partial charge in [-0.2, -0.15) is 5.10 Å². The third-order valence-electron chi connectivity index (χ3n) is 4.82. The molecule has 2 N–H and O–H groups in total. The lowest BCUT2D eigenvalue weighted by molar-refractivity contribution is 0.119. The fraction of sp³-hybridized carbons (Fsp3) is 0.333. The summed E-state index contributed by atoms with van der Waals surface area (Å²) in [6.07, 6.45) is 5.55. The van der Waals surface area contributed by atoms with Crippen LogP contribution in [0.2, 0.25) is 0 Å². The van der Waals surface area contributed by atoms with E-state index in [0.29, 0.717) is 13.2 Å². The molecule has 0 aliphatic heterocycles. The predicted molar refractivity (Wildman–Crippen MR) is 124 cm³/mol. The molecule has 0 atom stereocenters. The van der Waals surface area contributed by atoms with Gasteiger partial charge in [0.25, 0.3) is 0 Å². The molecule has 1 heterocycles. The van der Waals surface area contributed by atoms with E-state index in [-0.39, 0.29) is 0 Å². The highest BCUT2D eigenvalue weighted by Gasteiger charge is 2.00. The molecule has 3 aromatic rings. The summed E-state index contributed by atoms with van der Waals surface area (Å²) in [6, 6.07) is 18.3. The van der Waals surface area contributed by atoms with Gasteiger partial charge in [-0.05, 0) is 54.3 Å². The van der Waals surface area contributed by atoms with Crippen molar-refractivity contribution in [2.45, 2.75) is 19.4 Å². The molecular formula is C24H31N5O2. The van der Waals surface area contributed by atoms with Gasteiger partial charge in [-0.15, -0.1) is 0 Å². The zero-order valence-corrected chi connectivity index (χ0v) is 18.3. The number of benzene rings is 2. The van der Waals surface area contributed by atoms with Crippen LogP contribution >= 0.6 is 0 Å². The van der Waals surface area contributed by atoms with Gasteiger partial charge in [-0.3, -0.25) is 4.99 Å². The molecule has 0 amide bonds. The minimum absolute atomic E-state index is 0.607. The molecule has 0 fully saturated rings. The second-order valence-electron chi connectivity index (χ2n) is 7.05. The third-order valence-corrected chi connectivity index (χ3v) is 4.82. The summed E-state index contributed by atoms with van der Waals surface area (Å²) in [5, 5.41) is 10.9. The lowest BCUT2D eigenvalue weighted by Gasteiger charge is -2.12. The molecule has 31 heavy (non-hydrogen) atoms. The van der Waals surface area contributed by atoms with Crippen LogP contribution in [-0.4, -0.2) is 49.6 Å². The SMILES string of the molecule is CN=C(NCCCOCc1ccc(OC)cc1)NCCc1ccc(-n2cccn2)cc1. The van der Waals surface area contributed by atoms with Crippen LogP contribution < -0.4 is 15.4 Å². The van der Waals surface area contributed by atoms with Crippen molar-refractivity contribution in [1.29, 1.82) is 0 Å². The monoisotopic (exact) mass is 421 g/mol. The van der Waals surface area contributed by atoms with Gasteiger partial charge in [-0.25, -0.2) is 4.68 Å². The summed E-state index contributed by atoms with van der Waals surface area (Å²) >= 11 is 0. The Balaban J connectivity index is 1.27. The molecule has 0 aliphatic carbocycles. The van der Waals surface area contributed by atoms with E-state index in [1.54, 1.807) is 20.4 Å². The minimum atomic E-state index is 0.607. The highest BCUT2D eigenvalue weighted by atomic mass is 16.5.